The Balaban J connectivity index is 1.69. The summed E-state index contributed by atoms with van der Waals surface area (Å²) in [4.78, 5) is 25.8. The number of rotatable bonds is 4. The molecule has 1 N–H and O–H groups in total. The van der Waals surface area contributed by atoms with Gasteiger partial charge in [-0.2, -0.15) is 0 Å². The van der Waals surface area contributed by atoms with E-state index >= 15 is 0 Å². The maximum atomic E-state index is 13.9. The fourth-order valence-electron chi connectivity index (χ4n) is 3.53. The van der Waals surface area contributed by atoms with Crippen LogP contribution in [0.5, 0.6) is 0 Å². The number of anilines is 1. The van der Waals surface area contributed by atoms with Gasteiger partial charge in [-0.15, -0.1) is 0 Å². The molecule has 1 aliphatic carbocycles. The van der Waals surface area contributed by atoms with Crippen LogP contribution in [0.4, 0.5) is 19.3 Å². The number of nitrogens with one attached hydrogen (secondary N) is 1. The fraction of sp³-hybridized carbons (Fsp3) is 0.364. The average molecular weight is 402 g/mol. The lowest BCUT2D eigenvalue weighted by atomic mass is 9.94. The molecule has 1 aliphatic heterocycles. The highest BCUT2D eigenvalue weighted by molar-refractivity contribution is 6.05. The Morgan fingerprint density at radius 1 is 1.28 bits per heavy atom. The summed E-state index contributed by atoms with van der Waals surface area (Å²) in [6.07, 6.45) is 1.22. The van der Waals surface area contributed by atoms with Crippen LogP contribution in [0.15, 0.2) is 53.4 Å². The van der Waals surface area contributed by atoms with Gasteiger partial charge in [-0.25, -0.2) is 13.6 Å². The van der Waals surface area contributed by atoms with Crippen molar-refractivity contribution in [3.05, 3.63) is 59.0 Å². The van der Waals surface area contributed by atoms with E-state index in [-0.39, 0.29) is 12.5 Å². The van der Waals surface area contributed by atoms with Crippen molar-refractivity contribution in [2.45, 2.75) is 32.9 Å². The third-order valence-corrected chi connectivity index (χ3v) is 5.01. The Bertz CT molecular complexity index is 888. The Morgan fingerprint density at radius 2 is 2.00 bits per heavy atom. The number of halogens is 2. The van der Waals surface area contributed by atoms with Gasteiger partial charge in [0.05, 0.1) is 12.2 Å². The summed E-state index contributed by atoms with van der Waals surface area (Å²) >= 11 is 0. The van der Waals surface area contributed by atoms with Crippen molar-refractivity contribution < 1.29 is 23.1 Å². The predicted octanol–water partition coefficient (Wildman–Crippen LogP) is 4.78. The molecule has 1 aromatic rings. The molecule has 0 spiro atoms. The molecule has 0 saturated heterocycles. The number of hydrogen-bond acceptors (Lipinski definition) is 3. The molecule has 1 atom stereocenters. The third-order valence-electron chi connectivity index (χ3n) is 5.01. The lowest BCUT2D eigenvalue weighted by molar-refractivity contribution is -0.113. The first-order valence-corrected chi connectivity index (χ1v) is 9.63. The van der Waals surface area contributed by atoms with E-state index in [9.17, 15) is 18.4 Å². The molecule has 1 heterocycles. The van der Waals surface area contributed by atoms with Crippen molar-refractivity contribution >= 4 is 23.3 Å². The van der Waals surface area contributed by atoms with Crippen LogP contribution in [0.2, 0.25) is 0 Å². The van der Waals surface area contributed by atoms with Gasteiger partial charge in [0.1, 0.15) is 12.0 Å². The number of allylic oxidation sites excluding steroid dienone is 3. The summed E-state index contributed by atoms with van der Waals surface area (Å²) < 4.78 is 32.7. The zero-order chi connectivity index (χ0) is 21.0. The number of amides is 2. The summed E-state index contributed by atoms with van der Waals surface area (Å²) in [5, 5.41) is 2.55. The van der Waals surface area contributed by atoms with Crippen LogP contribution in [0.1, 0.15) is 32.3 Å². The van der Waals surface area contributed by atoms with Crippen molar-refractivity contribution in [3.8, 4) is 0 Å². The van der Waals surface area contributed by atoms with Crippen molar-refractivity contribution in [1.29, 1.82) is 0 Å². The lowest BCUT2D eigenvalue weighted by Gasteiger charge is -2.29. The second kappa shape index (κ2) is 9.03. The second-order valence-electron chi connectivity index (χ2n) is 7.03. The van der Waals surface area contributed by atoms with Crippen LogP contribution in [0.3, 0.4) is 0 Å². The smallest absolute Gasteiger partial charge is 0.410 e. The van der Waals surface area contributed by atoms with Gasteiger partial charge >= 0.3 is 6.09 Å². The van der Waals surface area contributed by atoms with Crippen LogP contribution in [-0.2, 0) is 9.53 Å². The molecule has 5 nitrogen and oxygen atoms in total. The van der Waals surface area contributed by atoms with E-state index in [1.807, 2.05) is 19.1 Å². The Hall–Kier alpha value is -2.96. The molecule has 7 heteroatoms. The topological polar surface area (TPSA) is 58.6 Å². The van der Waals surface area contributed by atoms with Crippen LogP contribution >= 0.6 is 0 Å². The summed E-state index contributed by atoms with van der Waals surface area (Å²) in [6.45, 7) is 5.18. The molecular formula is C22H24F2N2O3. The molecule has 0 fully saturated rings. The number of benzene rings is 1. The normalized spacial score (nSPS) is 19.4. The first-order chi connectivity index (χ1) is 13.9. The molecule has 154 valence electrons. The van der Waals surface area contributed by atoms with Crippen LogP contribution in [0, 0.1) is 0 Å². The summed E-state index contributed by atoms with van der Waals surface area (Å²) in [5.41, 5.74) is 3.18. The van der Waals surface area contributed by atoms with E-state index in [1.165, 1.54) is 6.08 Å². The number of hydrogen-bond donors (Lipinski definition) is 1. The first kappa shape index (κ1) is 20.8. The highest BCUT2D eigenvalue weighted by Gasteiger charge is 2.26. The first-order valence-electron chi connectivity index (χ1n) is 9.63. The quantitative estimate of drug-likeness (QED) is 0.788. The van der Waals surface area contributed by atoms with Gasteiger partial charge in [0.15, 0.2) is 0 Å². The van der Waals surface area contributed by atoms with Crippen molar-refractivity contribution in [2.24, 2.45) is 0 Å². The Kier molecular flexibility index (Phi) is 6.46. The third kappa shape index (κ3) is 4.72. The highest BCUT2D eigenvalue weighted by atomic mass is 19.1. The fourth-order valence-corrected chi connectivity index (χ4v) is 3.53. The largest absolute Gasteiger partial charge is 0.450 e. The van der Waals surface area contributed by atoms with E-state index < -0.39 is 23.5 Å². The van der Waals surface area contributed by atoms with Gasteiger partial charge in [0.25, 0.3) is 5.91 Å². The summed E-state index contributed by atoms with van der Waals surface area (Å²) in [5.74, 6) is -1.61. The van der Waals surface area contributed by atoms with Crippen molar-refractivity contribution in [2.75, 3.05) is 25.0 Å². The maximum Gasteiger partial charge on any atom is 0.410 e. The molecular weight excluding hydrogens is 378 g/mol. The molecule has 1 aromatic carbocycles. The maximum absolute atomic E-state index is 13.9. The van der Waals surface area contributed by atoms with Crippen LogP contribution < -0.4 is 5.32 Å². The van der Waals surface area contributed by atoms with E-state index in [0.717, 1.165) is 22.8 Å². The minimum absolute atomic E-state index is 0.00857. The van der Waals surface area contributed by atoms with Gasteiger partial charge in [-0.1, -0.05) is 18.2 Å². The SMILES string of the molecule is CCOC(=O)N1CCC(c2ccc(NC(=O)C3=C(F)C=CCC3F)cc2)=C(C)C1. The van der Waals surface area contributed by atoms with Gasteiger partial charge in [0.2, 0.25) is 0 Å². The van der Waals surface area contributed by atoms with Gasteiger partial charge in [-0.05, 0) is 55.2 Å². The molecule has 0 aromatic heterocycles. The number of nitrogens with zero attached hydrogens (tertiary/aromatic N) is 1. The van der Waals surface area contributed by atoms with E-state index in [4.69, 9.17) is 4.74 Å². The summed E-state index contributed by atoms with van der Waals surface area (Å²) in [7, 11) is 0. The molecule has 0 saturated carbocycles. The van der Waals surface area contributed by atoms with Crippen molar-refractivity contribution in [3.63, 3.8) is 0 Å². The molecule has 29 heavy (non-hydrogen) atoms. The number of carbonyl (C=O) groups excluding carboxylic acids is 2. The van der Waals surface area contributed by atoms with E-state index in [0.29, 0.717) is 31.8 Å². The van der Waals surface area contributed by atoms with Gasteiger partial charge in [0, 0.05) is 25.2 Å². The molecule has 2 aliphatic rings. The second-order valence-corrected chi connectivity index (χ2v) is 7.03. The number of ether oxygens (including phenoxy) is 1. The molecule has 1 unspecified atom stereocenters. The van der Waals surface area contributed by atoms with Gasteiger partial charge in [-0.3, -0.25) is 4.79 Å². The molecule has 2 amide bonds. The van der Waals surface area contributed by atoms with Crippen molar-refractivity contribution in [1.82, 2.24) is 4.90 Å². The standard InChI is InChI=1S/C22H24F2N2O3/c1-3-29-22(28)26-12-11-17(14(2)13-26)15-7-9-16(10-8-15)25-21(27)20-18(23)5-4-6-19(20)24/h4-5,7-10,19H,3,6,11-13H2,1-2H3,(H,25,27). The average Bonchev–Trinajstić information content (AvgIpc) is 2.69. The molecule has 3 rings (SSSR count). The Morgan fingerprint density at radius 3 is 2.62 bits per heavy atom. The lowest BCUT2D eigenvalue weighted by Crippen LogP contribution is -2.36. The molecule has 0 radical (unpaired) electrons. The summed E-state index contributed by atoms with van der Waals surface area (Å²) in [6, 6.07) is 7.12. The number of carbonyl (C=O) groups is 2. The van der Waals surface area contributed by atoms with Gasteiger partial charge < -0.3 is 15.0 Å². The minimum atomic E-state index is -1.64. The molecule has 0 bridgehead atoms. The van der Waals surface area contributed by atoms with E-state index in [1.54, 1.807) is 24.0 Å². The minimum Gasteiger partial charge on any atom is -0.450 e. The van der Waals surface area contributed by atoms with Crippen LogP contribution in [0.25, 0.3) is 5.57 Å². The van der Waals surface area contributed by atoms with Crippen LogP contribution in [-0.4, -0.2) is 42.8 Å². The van der Waals surface area contributed by atoms with E-state index in [2.05, 4.69) is 5.32 Å². The Labute approximate surface area is 168 Å². The number of alkyl halides is 1. The zero-order valence-corrected chi connectivity index (χ0v) is 16.5. The monoisotopic (exact) mass is 402 g/mol. The zero-order valence-electron chi connectivity index (χ0n) is 16.5. The predicted molar refractivity (Wildman–Crippen MR) is 108 cm³/mol. The highest BCUT2D eigenvalue weighted by Crippen LogP contribution is 2.29.